The van der Waals surface area contributed by atoms with E-state index < -0.39 is 12.7 Å². The lowest BCUT2D eigenvalue weighted by Crippen LogP contribution is -2.65. The average Bonchev–Trinajstić information content (AvgIpc) is 3.35. The molecular formula is C26H38BNO5S. The second-order valence-electron chi connectivity index (χ2n) is 11.8. The monoisotopic (exact) mass is 487 g/mol. The van der Waals surface area contributed by atoms with Crippen LogP contribution in [0.3, 0.4) is 0 Å². The first-order chi connectivity index (χ1) is 15.9. The van der Waals surface area contributed by atoms with Crippen molar-refractivity contribution in [2.75, 3.05) is 0 Å². The van der Waals surface area contributed by atoms with E-state index in [4.69, 9.17) is 14.0 Å². The maximum Gasteiger partial charge on any atom is 0.481 e. The maximum atomic E-state index is 12.8. The van der Waals surface area contributed by atoms with Crippen LogP contribution in [0, 0.1) is 17.3 Å². The van der Waals surface area contributed by atoms with Gasteiger partial charge in [0.15, 0.2) is 0 Å². The summed E-state index contributed by atoms with van der Waals surface area (Å²) in [5.41, 5.74) is -0.588. The molecule has 0 spiro atoms. The average molecular weight is 487 g/mol. The van der Waals surface area contributed by atoms with Gasteiger partial charge in [-0.2, -0.15) is 0 Å². The van der Waals surface area contributed by atoms with Gasteiger partial charge >= 0.3 is 13.1 Å². The molecule has 34 heavy (non-hydrogen) atoms. The number of hydrogen-bond acceptors (Lipinski definition) is 6. The number of carbonyl (C=O) groups excluding carboxylic acids is 2. The van der Waals surface area contributed by atoms with E-state index >= 15 is 0 Å². The van der Waals surface area contributed by atoms with E-state index in [1.165, 1.54) is 12.5 Å². The van der Waals surface area contributed by atoms with Crippen LogP contribution in [0.1, 0.15) is 72.1 Å². The van der Waals surface area contributed by atoms with Crippen molar-refractivity contribution in [2.45, 2.75) is 96.9 Å². The second kappa shape index (κ2) is 9.43. The van der Waals surface area contributed by atoms with Crippen molar-refractivity contribution in [1.29, 1.82) is 0 Å². The fraction of sp³-hybridized carbons (Fsp3) is 0.692. The van der Waals surface area contributed by atoms with E-state index in [0.717, 1.165) is 11.3 Å². The first-order valence-electron chi connectivity index (χ1n) is 12.4. The molecule has 3 saturated carbocycles. The topological polar surface area (TPSA) is 73.9 Å². The van der Waals surface area contributed by atoms with Gasteiger partial charge in [0.1, 0.15) is 5.60 Å². The number of thiophene rings is 1. The molecule has 6 nitrogen and oxygen atoms in total. The third-order valence-electron chi connectivity index (χ3n) is 7.86. The number of ether oxygens (including phenoxy) is 1. The van der Waals surface area contributed by atoms with Gasteiger partial charge < -0.3 is 19.4 Å². The van der Waals surface area contributed by atoms with Crippen molar-refractivity contribution < 1.29 is 23.6 Å². The zero-order valence-corrected chi connectivity index (χ0v) is 22.1. The lowest BCUT2D eigenvalue weighted by atomic mass is 9.43. The molecule has 1 amide bonds. The SMILES string of the molecule is CC(C)(C)OC(=O)/C=C/CC[C@H](NC(=O)Cc1cccs1)B1O[C@@H]2C[C@@H]3C[C@@H](C3(C)C)[C@]2(C)O1. The third-order valence-corrected chi connectivity index (χ3v) is 8.74. The number of rotatable bonds is 8. The molecule has 0 aromatic carbocycles. The van der Waals surface area contributed by atoms with Gasteiger partial charge in [0, 0.05) is 11.0 Å². The molecular weight excluding hydrogens is 449 g/mol. The quantitative estimate of drug-likeness (QED) is 0.326. The normalized spacial score (nSPS) is 30.5. The molecule has 8 heteroatoms. The van der Waals surface area contributed by atoms with E-state index in [0.29, 0.717) is 31.1 Å². The summed E-state index contributed by atoms with van der Waals surface area (Å²) in [6.07, 6.45) is 7.07. The minimum Gasteiger partial charge on any atom is -0.457 e. The molecule has 0 unspecified atom stereocenters. The predicted molar refractivity (Wildman–Crippen MR) is 134 cm³/mol. The van der Waals surface area contributed by atoms with E-state index in [1.54, 1.807) is 17.4 Å². The van der Waals surface area contributed by atoms with Crippen LogP contribution in [0.15, 0.2) is 29.7 Å². The summed E-state index contributed by atoms with van der Waals surface area (Å²) in [6, 6.07) is 3.92. The van der Waals surface area contributed by atoms with Gasteiger partial charge in [-0.05, 0) is 82.1 Å². The Morgan fingerprint density at radius 2 is 2.09 bits per heavy atom. The van der Waals surface area contributed by atoms with Crippen LogP contribution in [0.2, 0.25) is 0 Å². The Morgan fingerprint density at radius 3 is 2.74 bits per heavy atom. The van der Waals surface area contributed by atoms with Crippen molar-refractivity contribution >= 4 is 30.3 Å². The highest BCUT2D eigenvalue weighted by atomic mass is 32.1. The molecule has 1 aromatic rings. The van der Waals surface area contributed by atoms with Gasteiger partial charge in [0.25, 0.3) is 0 Å². The van der Waals surface area contributed by atoms with E-state index in [1.807, 2.05) is 38.3 Å². The number of carbonyl (C=O) groups is 2. The van der Waals surface area contributed by atoms with Crippen molar-refractivity contribution in [3.63, 3.8) is 0 Å². The summed E-state index contributed by atoms with van der Waals surface area (Å²) >= 11 is 1.57. The number of nitrogens with one attached hydrogen (secondary N) is 1. The molecule has 1 aromatic heterocycles. The molecule has 2 heterocycles. The molecule has 1 aliphatic heterocycles. The molecule has 5 atom stereocenters. The molecule has 186 valence electrons. The lowest BCUT2D eigenvalue weighted by Gasteiger charge is -2.64. The molecule has 5 rings (SSSR count). The molecule has 3 aliphatic carbocycles. The Morgan fingerprint density at radius 1 is 1.32 bits per heavy atom. The Hall–Kier alpha value is -1.64. The Balaban J connectivity index is 1.41. The highest BCUT2D eigenvalue weighted by molar-refractivity contribution is 7.10. The Bertz CT molecular complexity index is 924. The van der Waals surface area contributed by atoms with Crippen LogP contribution in [-0.2, 0) is 30.1 Å². The van der Waals surface area contributed by atoms with E-state index in [9.17, 15) is 9.59 Å². The fourth-order valence-corrected chi connectivity index (χ4v) is 6.67. The first-order valence-corrected chi connectivity index (χ1v) is 13.3. The number of amides is 1. The zero-order chi connectivity index (χ0) is 24.7. The van der Waals surface area contributed by atoms with Crippen molar-refractivity contribution in [3.05, 3.63) is 34.5 Å². The first kappa shape index (κ1) is 25.5. The van der Waals surface area contributed by atoms with Crippen molar-refractivity contribution in [1.82, 2.24) is 5.32 Å². The van der Waals surface area contributed by atoms with Crippen molar-refractivity contribution in [2.24, 2.45) is 17.3 Å². The smallest absolute Gasteiger partial charge is 0.457 e. The summed E-state index contributed by atoms with van der Waals surface area (Å²) in [5.74, 6) is 0.434. The van der Waals surface area contributed by atoms with Crippen molar-refractivity contribution in [3.8, 4) is 0 Å². The highest BCUT2D eigenvalue weighted by Crippen LogP contribution is 2.65. The second-order valence-corrected chi connectivity index (χ2v) is 12.8. The van der Waals surface area contributed by atoms with Crippen LogP contribution in [0.4, 0.5) is 0 Å². The highest BCUT2D eigenvalue weighted by Gasteiger charge is 2.68. The zero-order valence-electron chi connectivity index (χ0n) is 21.3. The van der Waals surface area contributed by atoms with Gasteiger partial charge in [0.05, 0.1) is 24.1 Å². The Labute approximate surface area is 207 Å². The summed E-state index contributed by atoms with van der Waals surface area (Å²) in [6.45, 7) is 12.4. The molecule has 2 bridgehead atoms. The Kier molecular flexibility index (Phi) is 7.06. The standard InChI is InChI=1S/C26H38BNO5S/c1-24(2,3)31-23(30)12-8-7-11-21(28-22(29)16-18-10-9-13-34-18)27-32-20-15-17-14-19(25(17,4)5)26(20,6)33-27/h8-10,12-13,17,19-21H,7,11,14-16H2,1-6H3,(H,28,29)/b12-8+/t17-,19-,20+,21-,26-/m0/s1. The number of esters is 1. The number of hydrogen-bond donors (Lipinski definition) is 1. The predicted octanol–water partition coefficient (Wildman–Crippen LogP) is 4.72. The summed E-state index contributed by atoms with van der Waals surface area (Å²) in [7, 11) is -0.493. The van der Waals surface area contributed by atoms with Crippen LogP contribution in [0.5, 0.6) is 0 Å². The van der Waals surface area contributed by atoms with Crippen LogP contribution >= 0.6 is 11.3 Å². The maximum absolute atomic E-state index is 12.8. The van der Waals surface area contributed by atoms with Gasteiger partial charge in [-0.3, -0.25) is 4.79 Å². The van der Waals surface area contributed by atoms with Gasteiger partial charge in [-0.1, -0.05) is 26.0 Å². The number of allylic oxidation sites excluding steroid dienone is 1. The van der Waals surface area contributed by atoms with Crippen LogP contribution in [-0.4, -0.2) is 42.2 Å². The van der Waals surface area contributed by atoms with Gasteiger partial charge in [0.2, 0.25) is 5.91 Å². The molecule has 4 aliphatic rings. The summed E-state index contributed by atoms with van der Waals surface area (Å²) in [5, 5.41) is 5.14. The van der Waals surface area contributed by atoms with E-state index in [2.05, 4.69) is 26.1 Å². The minimum absolute atomic E-state index is 0.0413. The van der Waals surface area contributed by atoms with Gasteiger partial charge in [-0.15, -0.1) is 11.3 Å². The minimum atomic E-state index is -0.522. The largest absolute Gasteiger partial charge is 0.481 e. The molecule has 1 N–H and O–H groups in total. The molecule has 1 saturated heterocycles. The molecule has 4 fully saturated rings. The third kappa shape index (κ3) is 5.29. The summed E-state index contributed by atoms with van der Waals surface area (Å²) < 4.78 is 18.4. The summed E-state index contributed by atoms with van der Waals surface area (Å²) in [4.78, 5) is 25.9. The fourth-order valence-electron chi connectivity index (χ4n) is 5.97. The van der Waals surface area contributed by atoms with Gasteiger partial charge in [-0.25, -0.2) is 4.79 Å². The van der Waals surface area contributed by atoms with E-state index in [-0.39, 0.29) is 34.9 Å². The lowest BCUT2D eigenvalue weighted by molar-refractivity contribution is -0.199. The van der Waals surface area contributed by atoms with Crippen LogP contribution < -0.4 is 5.32 Å². The van der Waals surface area contributed by atoms with Crippen LogP contribution in [0.25, 0.3) is 0 Å². The molecule has 0 radical (unpaired) electrons.